The van der Waals surface area contributed by atoms with Gasteiger partial charge in [0.1, 0.15) is 5.65 Å². The van der Waals surface area contributed by atoms with E-state index in [-0.39, 0.29) is 18.2 Å². The minimum Gasteiger partial charge on any atom is -0.366 e. The largest absolute Gasteiger partial charge is 0.366 e. The molecule has 0 aliphatic rings. The van der Waals surface area contributed by atoms with E-state index in [0.29, 0.717) is 39.1 Å². The van der Waals surface area contributed by atoms with Gasteiger partial charge < -0.3 is 21.4 Å². The van der Waals surface area contributed by atoms with Crippen molar-refractivity contribution in [1.29, 1.82) is 0 Å². The SMILES string of the molecule is CC(=O)Nc1ccc(CC(=O)Nc2ccnc3[nH]cc(/C=C(/C(N)=O)c4ccccc4)c23)cc1. The molecule has 3 amide bonds. The van der Waals surface area contributed by atoms with E-state index in [9.17, 15) is 14.4 Å². The Labute approximate surface area is 195 Å². The highest BCUT2D eigenvalue weighted by atomic mass is 16.2. The Balaban J connectivity index is 1.60. The molecule has 0 radical (unpaired) electrons. The lowest BCUT2D eigenvalue weighted by Crippen LogP contribution is -2.15. The molecule has 2 aromatic carbocycles. The summed E-state index contributed by atoms with van der Waals surface area (Å²) in [5.74, 6) is -0.929. The zero-order valence-corrected chi connectivity index (χ0v) is 18.5. The molecule has 0 atom stereocenters. The van der Waals surface area contributed by atoms with Crippen molar-refractivity contribution in [2.45, 2.75) is 13.3 Å². The Bertz CT molecular complexity index is 1390. The molecule has 0 saturated carbocycles. The second-order valence-electron chi connectivity index (χ2n) is 7.72. The molecule has 2 heterocycles. The van der Waals surface area contributed by atoms with Crippen molar-refractivity contribution in [3.05, 3.63) is 89.7 Å². The fourth-order valence-corrected chi connectivity index (χ4v) is 3.66. The quantitative estimate of drug-likeness (QED) is 0.318. The summed E-state index contributed by atoms with van der Waals surface area (Å²) in [5, 5.41) is 6.30. The molecule has 4 aromatic rings. The van der Waals surface area contributed by atoms with Gasteiger partial charge in [-0.25, -0.2) is 4.98 Å². The number of H-pyrrole nitrogens is 1. The number of nitrogens with two attached hydrogens (primary N) is 1. The van der Waals surface area contributed by atoms with Gasteiger partial charge in [0.2, 0.25) is 17.7 Å². The lowest BCUT2D eigenvalue weighted by Gasteiger charge is -2.09. The van der Waals surface area contributed by atoms with E-state index < -0.39 is 5.91 Å². The minimum absolute atomic E-state index is 0.149. The molecule has 0 unspecified atom stereocenters. The highest BCUT2D eigenvalue weighted by Crippen LogP contribution is 2.29. The second-order valence-corrected chi connectivity index (χ2v) is 7.72. The number of fused-ring (bicyclic) bond motifs is 1. The van der Waals surface area contributed by atoms with Gasteiger partial charge in [0.25, 0.3) is 0 Å². The van der Waals surface area contributed by atoms with Crippen LogP contribution >= 0.6 is 0 Å². The van der Waals surface area contributed by atoms with Crippen molar-refractivity contribution in [3.63, 3.8) is 0 Å². The molecule has 0 aliphatic carbocycles. The van der Waals surface area contributed by atoms with Crippen LogP contribution in [-0.2, 0) is 20.8 Å². The number of rotatable bonds is 7. The van der Waals surface area contributed by atoms with Gasteiger partial charge >= 0.3 is 0 Å². The summed E-state index contributed by atoms with van der Waals surface area (Å²) in [6.07, 6.45) is 5.15. The number of carbonyl (C=O) groups is 3. The van der Waals surface area contributed by atoms with Crippen molar-refractivity contribution >= 4 is 51.8 Å². The summed E-state index contributed by atoms with van der Waals surface area (Å²) in [5.41, 5.74) is 9.96. The number of primary amides is 1. The smallest absolute Gasteiger partial charge is 0.249 e. The predicted molar refractivity (Wildman–Crippen MR) is 133 cm³/mol. The number of benzene rings is 2. The van der Waals surface area contributed by atoms with E-state index in [1.807, 2.05) is 30.3 Å². The van der Waals surface area contributed by atoms with Gasteiger partial charge in [-0.15, -0.1) is 0 Å². The lowest BCUT2D eigenvalue weighted by molar-refractivity contribution is -0.116. The molecule has 5 N–H and O–H groups in total. The molecule has 170 valence electrons. The van der Waals surface area contributed by atoms with E-state index in [2.05, 4.69) is 20.6 Å². The number of nitrogens with zero attached hydrogens (tertiary/aromatic N) is 1. The zero-order chi connectivity index (χ0) is 24.1. The summed E-state index contributed by atoms with van der Waals surface area (Å²) >= 11 is 0. The van der Waals surface area contributed by atoms with Crippen molar-refractivity contribution in [3.8, 4) is 0 Å². The van der Waals surface area contributed by atoms with Gasteiger partial charge in [-0.05, 0) is 35.4 Å². The third kappa shape index (κ3) is 5.18. The molecule has 0 fully saturated rings. The minimum atomic E-state index is -0.558. The zero-order valence-electron chi connectivity index (χ0n) is 18.5. The molecule has 2 aromatic heterocycles. The van der Waals surface area contributed by atoms with E-state index in [4.69, 9.17) is 5.73 Å². The number of carbonyl (C=O) groups excluding carboxylic acids is 3. The molecule has 0 spiro atoms. The first kappa shape index (κ1) is 22.5. The molecular formula is C26H23N5O3. The van der Waals surface area contributed by atoms with Crippen molar-refractivity contribution in [2.24, 2.45) is 5.73 Å². The number of amides is 3. The van der Waals surface area contributed by atoms with Crippen LogP contribution in [0.25, 0.3) is 22.7 Å². The number of nitrogens with one attached hydrogen (secondary N) is 3. The maximum Gasteiger partial charge on any atom is 0.249 e. The molecule has 0 saturated heterocycles. The van der Waals surface area contributed by atoms with Gasteiger partial charge in [-0.2, -0.15) is 0 Å². The van der Waals surface area contributed by atoms with Crippen molar-refractivity contribution < 1.29 is 14.4 Å². The maximum absolute atomic E-state index is 12.8. The van der Waals surface area contributed by atoms with Crippen molar-refractivity contribution in [2.75, 3.05) is 10.6 Å². The number of hydrogen-bond donors (Lipinski definition) is 4. The van der Waals surface area contributed by atoms with Gasteiger partial charge in [0, 0.05) is 41.5 Å². The Hall–Kier alpha value is -4.72. The summed E-state index contributed by atoms with van der Waals surface area (Å²) in [4.78, 5) is 43.5. The van der Waals surface area contributed by atoms with Crippen LogP contribution < -0.4 is 16.4 Å². The van der Waals surface area contributed by atoms with Crippen LogP contribution in [0.5, 0.6) is 0 Å². The van der Waals surface area contributed by atoms with Gasteiger partial charge in [-0.3, -0.25) is 14.4 Å². The fourth-order valence-electron chi connectivity index (χ4n) is 3.66. The van der Waals surface area contributed by atoms with Gasteiger partial charge in [-0.1, -0.05) is 42.5 Å². The summed E-state index contributed by atoms with van der Waals surface area (Å²) < 4.78 is 0. The molecule has 34 heavy (non-hydrogen) atoms. The lowest BCUT2D eigenvalue weighted by atomic mass is 10.0. The summed E-state index contributed by atoms with van der Waals surface area (Å²) in [7, 11) is 0. The Morgan fingerprint density at radius 3 is 2.41 bits per heavy atom. The normalized spacial score (nSPS) is 11.3. The topological polar surface area (TPSA) is 130 Å². The fraction of sp³-hybridized carbons (Fsp3) is 0.0769. The monoisotopic (exact) mass is 453 g/mol. The van der Waals surface area contributed by atoms with Crippen molar-refractivity contribution in [1.82, 2.24) is 9.97 Å². The highest BCUT2D eigenvalue weighted by molar-refractivity contribution is 6.24. The van der Waals surface area contributed by atoms with Crippen LogP contribution in [0.1, 0.15) is 23.6 Å². The average molecular weight is 454 g/mol. The first-order chi connectivity index (χ1) is 16.4. The predicted octanol–water partition coefficient (Wildman–Crippen LogP) is 3.73. The van der Waals surface area contributed by atoms with Crippen LogP contribution in [0, 0.1) is 0 Å². The van der Waals surface area contributed by atoms with Crippen LogP contribution in [0.3, 0.4) is 0 Å². The summed E-state index contributed by atoms with van der Waals surface area (Å²) in [6.45, 7) is 1.44. The summed E-state index contributed by atoms with van der Waals surface area (Å²) in [6, 6.07) is 17.9. The van der Waals surface area contributed by atoms with E-state index in [1.165, 1.54) is 6.92 Å². The standard InChI is InChI=1S/C26H23N5O3/c1-16(32)30-20-9-7-17(8-10-20)13-23(33)31-22-11-12-28-26-24(22)19(15-29-26)14-21(25(27)34)18-5-3-2-4-6-18/h2-12,14-15H,13H2,1H3,(H2,27,34)(H,30,32)(H2,28,29,31,33)/b21-14+. The highest BCUT2D eigenvalue weighted by Gasteiger charge is 2.14. The molecule has 4 rings (SSSR count). The number of hydrogen-bond acceptors (Lipinski definition) is 4. The number of aromatic nitrogens is 2. The van der Waals surface area contributed by atoms with Gasteiger partial charge in [0.15, 0.2) is 0 Å². The Morgan fingerprint density at radius 2 is 1.74 bits per heavy atom. The third-order valence-corrected chi connectivity index (χ3v) is 5.17. The molecule has 8 heteroatoms. The number of pyridine rings is 1. The third-order valence-electron chi connectivity index (χ3n) is 5.17. The van der Waals surface area contributed by atoms with Crippen LogP contribution in [-0.4, -0.2) is 27.7 Å². The van der Waals surface area contributed by atoms with E-state index in [1.54, 1.807) is 48.8 Å². The Kier molecular flexibility index (Phi) is 6.49. The van der Waals surface area contributed by atoms with Crippen LogP contribution in [0.4, 0.5) is 11.4 Å². The molecule has 0 aliphatic heterocycles. The Morgan fingerprint density at radius 1 is 1.00 bits per heavy atom. The second kappa shape index (κ2) is 9.83. The number of aromatic amines is 1. The van der Waals surface area contributed by atoms with E-state index >= 15 is 0 Å². The van der Waals surface area contributed by atoms with Crippen LogP contribution in [0.15, 0.2) is 73.1 Å². The van der Waals surface area contributed by atoms with Gasteiger partial charge in [0.05, 0.1) is 12.1 Å². The van der Waals surface area contributed by atoms with E-state index in [0.717, 1.165) is 5.56 Å². The first-order valence-corrected chi connectivity index (χ1v) is 10.6. The molecule has 0 bridgehead atoms. The number of anilines is 2. The maximum atomic E-state index is 12.8. The first-order valence-electron chi connectivity index (χ1n) is 10.6. The molecular weight excluding hydrogens is 430 g/mol. The average Bonchev–Trinajstić information content (AvgIpc) is 3.23. The van der Waals surface area contributed by atoms with Crippen LogP contribution in [0.2, 0.25) is 0 Å². The molecule has 8 nitrogen and oxygen atoms in total.